The molecule has 342 valence electrons. The average Bonchev–Trinajstić information content (AvgIpc) is 3.58. The van der Waals surface area contributed by atoms with E-state index < -0.39 is 68.1 Å². The Morgan fingerprint density at radius 3 is 1.02 bits per heavy atom. The van der Waals surface area contributed by atoms with E-state index >= 15 is 0 Å². The summed E-state index contributed by atoms with van der Waals surface area (Å²) in [6.45, 7) is 0.739. The Bertz CT molecular complexity index is 2060. The van der Waals surface area contributed by atoms with Gasteiger partial charge in [-0.05, 0) is 36.1 Å². The summed E-state index contributed by atoms with van der Waals surface area (Å²) in [6.07, 6.45) is 1.87. The fourth-order valence-corrected chi connectivity index (χ4v) is 4.47. The zero-order chi connectivity index (χ0) is 47.4. The van der Waals surface area contributed by atoms with E-state index in [0.717, 1.165) is 36.1 Å². The van der Waals surface area contributed by atoms with Gasteiger partial charge in [0.2, 0.25) is 0 Å². The summed E-state index contributed by atoms with van der Waals surface area (Å²) in [7, 11) is -22.6. The molecule has 1 fully saturated rings. The molecule has 1 amide bonds. The van der Waals surface area contributed by atoms with Crippen LogP contribution in [-0.4, -0.2) is 104 Å². The molecule has 1 saturated heterocycles. The first kappa shape index (κ1) is 59.9. The van der Waals surface area contributed by atoms with Gasteiger partial charge >= 0.3 is 47.9 Å². The molecule has 0 radical (unpaired) electrons. The number of hydrogen-bond acceptors (Lipinski definition) is 14. The third-order valence-electron chi connectivity index (χ3n) is 6.86. The van der Waals surface area contributed by atoms with Crippen molar-refractivity contribution < 1.29 is 140 Å². The van der Waals surface area contributed by atoms with Crippen LogP contribution in [0.5, 0.6) is 0 Å². The van der Waals surface area contributed by atoms with Gasteiger partial charge in [-0.3, -0.25) is 4.79 Å². The number of hydrogen-bond donors (Lipinski definition) is 0. The molecule has 0 spiro atoms. The van der Waals surface area contributed by atoms with E-state index in [1.54, 1.807) is 7.11 Å². The van der Waals surface area contributed by atoms with E-state index in [-0.39, 0.29) is 37.8 Å². The first-order valence-corrected chi connectivity index (χ1v) is 20.5. The van der Waals surface area contributed by atoms with Gasteiger partial charge in [-0.15, -0.1) is 0 Å². The van der Waals surface area contributed by atoms with E-state index in [1.807, 2.05) is 71.6 Å². The number of halogens is 12. The number of methoxy groups -OCH3 is 1. The molecule has 1 atom stereocenters. The van der Waals surface area contributed by atoms with Crippen molar-refractivity contribution >= 4 is 46.4 Å². The second-order valence-corrected chi connectivity index (χ2v) is 16.3. The second-order valence-electron chi connectivity index (χ2n) is 10.8. The number of amides is 1. The minimum atomic E-state index is -6.09. The largest absolute Gasteiger partial charge is 4.00 e. The van der Waals surface area contributed by atoms with Crippen molar-refractivity contribution in [3.8, 4) is 0 Å². The van der Waals surface area contributed by atoms with Crippen LogP contribution < -0.4 is 0 Å². The summed E-state index contributed by atoms with van der Waals surface area (Å²) in [5.74, 6) is 0.0661. The molecule has 61 heavy (non-hydrogen) atoms. The molecule has 15 nitrogen and oxygen atoms in total. The quantitative estimate of drug-likeness (QED) is 0.140. The maximum atomic E-state index is 13.4. The van der Waals surface area contributed by atoms with Crippen molar-refractivity contribution in [1.82, 2.24) is 4.90 Å². The van der Waals surface area contributed by atoms with E-state index in [0.29, 0.717) is 0 Å². The van der Waals surface area contributed by atoms with Crippen LogP contribution in [0.2, 0.25) is 0 Å². The van der Waals surface area contributed by atoms with Gasteiger partial charge in [0.15, 0.2) is 40.5 Å². The van der Waals surface area contributed by atoms with Gasteiger partial charge in [0.05, 0.1) is 6.04 Å². The summed E-state index contributed by atoms with van der Waals surface area (Å²) >= 11 is 0. The first-order valence-electron chi connectivity index (χ1n) is 14.9. The maximum absolute atomic E-state index is 13.4. The summed E-state index contributed by atoms with van der Waals surface area (Å²) in [4.78, 5) is 15.4. The van der Waals surface area contributed by atoms with E-state index in [1.165, 1.54) is 0 Å². The zero-order valence-corrected chi connectivity index (χ0v) is 36.5. The van der Waals surface area contributed by atoms with Gasteiger partial charge in [-0.1, -0.05) is 78.9 Å². The van der Waals surface area contributed by atoms with Crippen LogP contribution in [0.25, 0.3) is 0 Å². The summed E-state index contributed by atoms with van der Waals surface area (Å²) in [5, 5.41) is 0. The van der Waals surface area contributed by atoms with Gasteiger partial charge in [0.1, 0.15) is 5.60 Å². The molecule has 3 aromatic rings. The Morgan fingerprint density at radius 2 is 0.787 bits per heavy atom. The predicted molar refractivity (Wildman–Crippen MR) is 174 cm³/mol. The van der Waals surface area contributed by atoms with Crippen LogP contribution in [0, 0.1) is 0 Å². The Kier molecular flexibility index (Phi) is 22.5. The van der Waals surface area contributed by atoms with Crippen molar-refractivity contribution in [3.05, 3.63) is 108 Å². The normalized spacial score (nSPS) is 15.1. The third kappa shape index (κ3) is 18.6. The SMILES string of the molecule is COC(c1ccccc1)(c1ccccc1)[C@@H]1CCCN1C(=O)c1ccccc1.O=S(=O)([O-])C(F)(F)F.O=S(=O)([O-])C(F)(F)F.O=S(=O)([O-])C(F)(F)F.O=S(=O)([O-])C(F)(F)F.[Hf+4]. The number of likely N-dealkylation sites (tertiary alicyclic amines) is 1. The minimum Gasteiger partial charge on any atom is -0.741 e. The van der Waals surface area contributed by atoms with E-state index in [9.17, 15) is 57.5 Å². The summed E-state index contributed by atoms with van der Waals surface area (Å²) in [5.41, 5.74) is -20.4. The molecule has 4 rings (SSSR count). The van der Waals surface area contributed by atoms with Crippen LogP contribution >= 0.6 is 0 Å². The average molecular weight is 1150 g/mol. The Balaban J connectivity index is 0. The van der Waals surface area contributed by atoms with Gasteiger partial charge < -0.3 is 27.8 Å². The molecule has 32 heteroatoms. The van der Waals surface area contributed by atoms with Crippen LogP contribution in [0.3, 0.4) is 0 Å². The monoisotopic (exact) mass is 1150 g/mol. The predicted octanol–water partition coefficient (Wildman–Crippen LogP) is 5.08. The molecular weight excluding hydrogens is 1120 g/mol. The van der Waals surface area contributed by atoms with Crippen molar-refractivity contribution in [2.45, 2.75) is 46.5 Å². The number of benzene rings is 3. The number of carbonyl (C=O) groups excluding carboxylic acids is 1. The molecule has 0 unspecified atom stereocenters. The molecule has 0 N–H and O–H groups in total. The fourth-order valence-electron chi connectivity index (χ4n) is 4.47. The number of alkyl halides is 12. The molecule has 0 bridgehead atoms. The van der Waals surface area contributed by atoms with Crippen molar-refractivity contribution in [2.24, 2.45) is 0 Å². The molecule has 0 aromatic heterocycles. The Hall–Kier alpha value is -3.24. The van der Waals surface area contributed by atoms with Crippen molar-refractivity contribution in [3.63, 3.8) is 0 Å². The molecule has 1 aliphatic rings. The topological polar surface area (TPSA) is 258 Å². The summed E-state index contributed by atoms with van der Waals surface area (Å²) < 4.78 is 242. The van der Waals surface area contributed by atoms with Gasteiger partial charge in [0.25, 0.3) is 5.91 Å². The molecule has 3 aromatic carbocycles. The third-order valence-corrected chi connectivity index (χ3v) is 9.13. The standard InChI is InChI=1S/C25H25NO2.4CHF3O3S.Hf/c1-28-25(21-14-7-3-8-15-21,22-16-9-4-10-17-22)23-18-11-19-26(23)24(27)20-12-5-2-6-13-20;4*2-1(3,4)8(5,6)7;/h2-10,12-17,23H,11,18-19H2,1H3;4*(H,5,6,7);/q;;;;;+4/p-4/t23-;;;;;/m0...../s1. The number of rotatable bonds is 5. The Morgan fingerprint density at radius 1 is 0.541 bits per heavy atom. The molecule has 0 saturated carbocycles. The van der Waals surface area contributed by atoms with Gasteiger partial charge in [-0.2, -0.15) is 52.7 Å². The van der Waals surface area contributed by atoms with Gasteiger partial charge in [0, 0.05) is 19.2 Å². The zero-order valence-electron chi connectivity index (χ0n) is 29.7. The fraction of sp³-hybridized carbons (Fsp3) is 0.345. The van der Waals surface area contributed by atoms with Crippen LogP contribution in [-0.2, 0) is 76.7 Å². The van der Waals surface area contributed by atoms with Crippen LogP contribution in [0.1, 0.15) is 34.3 Å². The Labute approximate surface area is 357 Å². The first-order chi connectivity index (χ1) is 26.8. The van der Waals surface area contributed by atoms with E-state index in [4.69, 9.17) is 56.6 Å². The van der Waals surface area contributed by atoms with Crippen LogP contribution in [0.4, 0.5) is 52.7 Å². The maximum Gasteiger partial charge on any atom is 4.00 e. The summed E-state index contributed by atoms with van der Waals surface area (Å²) in [6, 6.07) is 30.0. The number of ether oxygens (including phenoxy) is 1. The van der Waals surface area contributed by atoms with E-state index in [2.05, 4.69) is 24.3 Å². The van der Waals surface area contributed by atoms with Crippen molar-refractivity contribution in [1.29, 1.82) is 0 Å². The molecule has 0 aliphatic carbocycles. The number of carbonyl (C=O) groups is 1. The smallest absolute Gasteiger partial charge is 0.741 e. The molecule has 1 heterocycles. The van der Waals surface area contributed by atoms with Crippen LogP contribution in [0.15, 0.2) is 91.0 Å². The van der Waals surface area contributed by atoms with Gasteiger partial charge in [-0.25, -0.2) is 33.7 Å². The van der Waals surface area contributed by atoms with Crippen molar-refractivity contribution in [2.75, 3.05) is 13.7 Å². The molecule has 1 aliphatic heterocycles. The second kappa shape index (κ2) is 22.9. The molecular formula is C29H25F12HfNO14S4. The minimum absolute atomic E-state index is 0. The number of nitrogens with zero attached hydrogens (tertiary/aromatic N) is 1.